The highest BCUT2D eigenvalue weighted by atomic mass is 16.5. The number of ether oxygens (including phenoxy) is 2. The van der Waals surface area contributed by atoms with Gasteiger partial charge in [-0.05, 0) is 47.5 Å². The van der Waals surface area contributed by atoms with Crippen molar-refractivity contribution >= 4 is 11.6 Å². The lowest BCUT2D eigenvalue weighted by molar-refractivity contribution is -0.128. The van der Waals surface area contributed by atoms with Crippen LogP contribution in [0.1, 0.15) is 24.0 Å². The molecule has 24 heavy (non-hydrogen) atoms. The van der Waals surface area contributed by atoms with Crippen LogP contribution in [0.25, 0.3) is 0 Å². The van der Waals surface area contributed by atoms with E-state index < -0.39 is 0 Å². The summed E-state index contributed by atoms with van der Waals surface area (Å²) >= 11 is 0. The smallest absolute Gasteiger partial charge is 0.239 e. The van der Waals surface area contributed by atoms with E-state index in [1.165, 1.54) is 11.9 Å². The molecule has 1 aliphatic rings. The SMILES string of the molecule is COc1ccc(C2=NN(C(C)=O)CC2c2ccc(OC)cc2)cc1. The number of methoxy groups -OCH3 is 2. The first kappa shape index (κ1) is 16.1. The van der Waals surface area contributed by atoms with E-state index in [1.807, 2.05) is 48.5 Å². The molecule has 124 valence electrons. The Kier molecular flexibility index (Phi) is 4.51. The van der Waals surface area contributed by atoms with E-state index in [0.29, 0.717) is 6.54 Å². The van der Waals surface area contributed by atoms with Crippen LogP contribution in [0.5, 0.6) is 11.5 Å². The van der Waals surface area contributed by atoms with Crippen LogP contribution in [0, 0.1) is 0 Å². The second kappa shape index (κ2) is 6.74. The van der Waals surface area contributed by atoms with E-state index in [1.54, 1.807) is 14.2 Å². The van der Waals surface area contributed by atoms with Crippen LogP contribution in [0.2, 0.25) is 0 Å². The summed E-state index contributed by atoms with van der Waals surface area (Å²) in [5.41, 5.74) is 2.98. The number of carbonyl (C=O) groups is 1. The number of hydrogen-bond donors (Lipinski definition) is 0. The molecule has 1 unspecified atom stereocenters. The zero-order valence-electron chi connectivity index (χ0n) is 14.0. The third-order valence-corrected chi connectivity index (χ3v) is 4.18. The van der Waals surface area contributed by atoms with E-state index in [4.69, 9.17) is 9.47 Å². The Balaban J connectivity index is 1.96. The Morgan fingerprint density at radius 3 is 2.04 bits per heavy atom. The van der Waals surface area contributed by atoms with Crippen molar-refractivity contribution in [1.29, 1.82) is 0 Å². The Morgan fingerprint density at radius 2 is 1.54 bits per heavy atom. The van der Waals surface area contributed by atoms with Crippen molar-refractivity contribution < 1.29 is 14.3 Å². The van der Waals surface area contributed by atoms with E-state index in [9.17, 15) is 4.79 Å². The molecule has 1 heterocycles. The van der Waals surface area contributed by atoms with Gasteiger partial charge in [0.05, 0.1) is 26.5 Å². The average molecular weight is 324 g/mol. The van der Waals surface area contributed by atoms with Gasteiger partial charge in [-0.2, -0.15) is 5.10 Å². The van der Waals surface area contributed by atoms with E-state index in [0.717, 1.165) is 28.3 Å². The minimum atomic E-state index is -0.0583. The maximum Gasteiger partial charge on any atom is 0.239 e. The van der Waals surface area contributed by atoms with E-state index in [-0.39, 0.29) is 11.8 Å². The van der Waals surface area contributed by atoms with Crippen LogP contribution in [0.15, 0.2) is 53.6 Å². The average Bonchev–Trinajstić information content (AvgIpc) is 3.07. The maximum absolute atomic E-state index is 11.8. The molecule has 0 aliphatic carbocycles. The molecule has 1 amide bonds. The molecule has 0 saturated carbocycles. The number of hydrogen-bond acceptors (Lipinski definition) is 4. The van der Waals surface area contributed by atoms with Crippen LogP contribution in [-0.4, -0.2) is 37.4 Å². The van der Waals surface area contributed by atoms with Crippen molar-refractivity contribution in [2.24, 2.45) is 5.10 Å². The lowest BCUT2D eigenvalue weighted by atomic mass is 9.90. The zero-order valence-corrected chi connectivity index (χ0v) is 14.0. The largest absolute Gasteiger partial charge is 0.497 e. The first-order valence-corrected chi connectivity index (χ1v) is 7.77. The van der Waals surface area contributed by atoms with Gasteiger partial charge in [-0.1, -0.05) is 12.1 Å². The highest BCUT2D eigenvalue weighted by Crippen LogP contribution is 2.30. The molecule has 0 radical (unpaired) electrons. The fourth-order valence-electron chi connectivity index (χ4n) is 2.82. The Bertz CT molecular complexity index is 751. The Labute approximate surface area is 141 Å². The zero-order chi connectivity index (χ0) is 17.1. The van der Waals surface area contributed by atoms with Crippen LogP contribution in [0.4, 0.5) is 0 Å². The van der Waals surface area contributed by atoms with E-state index in [2.05, 4.69) is 5.10 Å². The minimum Gasteiger partial charge on any atom is -0.497 e. The molecular weight excluding hydrogens is 304 g/mol. The van der Waals surface area contributed by atoms with Crippen LogP contribution in [0.3, 0.4) is 0 Å². The van der Waals surface area contributed by atoms with Gasteiger partial charge in [-0.25, -0.2) is 5.01 Å². The van der Waals surface area contributed by atoms with E-state index >= 15 is 0 Å². The monoisotopic (exact) mass is 324 g/mol. The maximum atomic E-state index is 11.8. The van der Waals surface area contributed by atoms with Gasteiger partial charge < -0.3 is 9.47 Å². The standard InChI is InChI=1S/C19H20N2O3/c1-13(22)21-12-18(14-4-8-16(23-2)9-5-14)19(20-21)15-6-10-17(24-3)11-7-15/h4-11,18H,12H2,1-3H3. The van der Waals surface area contributed by atoms with Gasteiger partial charge in [0.2, 0.25) is 5.91 Å². The summed E-state index contributed by atoms with van der Waals surface area (Å²) in [5, 5.41) is 6.06. The summed E-state index contributed by atoms with van der Waals surface area (Å²) in [5.74, 6) is 1.58. The van der Waals surface area contributed by atoms with Crippen molar-refractivity contribution in [1.82, 2.24) is 5.01 Å². The summed E-state index contributed by atoms with van der Waals surface area (Å²) < 4.78 is 10.4. The second-order valence-electron chi connectivity index (χ2n) is 5.64. The molecule has 2 aromatic carbocycles. The van der Waals surface area contributed by atoms with Crippen LogP contribution < -0.4 is 9.47 Å². The lowest BCUT2D eigenvalue weighted by Crippen LogP contribution is -2.23. The molecule has 3 rings (SSSR count). The fourth-order valence-corrected chi connectivity index (χ4v) is 2.82. The van der Waals surface area contributed by atoms with Gasteiger partial charge in [0.15, 0.2) is 0 Å². The number of nitrogens with zero attached hydrogens (tertiary/aromatic N) is 2. The lowest BCUT2D eigenvalue weighted by Gasteiger charge is -2.15. The van der Waals surface area contributed by atoms with Crippen molar-refractivity contribution in [3.8, 4) is 11.5 Å². The predicted octanol–water partition coefficient (Wildman–Crippen LogP) is 3.05. The molecule has 1 atom stereocenters. The quantitative estimate of drug-likeness (QED) is 0.868. The summed E-state index contributed by atoms with van der Waals surface area (Å²) in [6, 6.07) is 15.6. The number of rotatable bonds is 4. The third-order valence-electron chi connectivity index (χ3n) is 4.18. The fraction of sp³-hybridized carbons (Fsp3) is 0.263. The molecule has 5 heteroatoms. The topological polar surface area (TPSA) is 51.1 Å². The number of hydrazone groups is 1. The number of amides is 1. The molecule has 0 saturated heterocycles. The molecule has 2 aromatic rings. The minimum absolute atomic E-state index is 0.0354. The van der Waals surface area contributed by atoms with Gasteiger partial charge in [0.25, 0.3) is 0 Å². The Morgan fingerprint density at radius 1 is 1.00 bits per heavy atom. The van der Waals surface area contributed by atoms with Gasteiger partial charge in [-0.15, -0.1) is 0 Å². The molecule has 0 bridgehead atoms. The molecule has 0 fully saturated rings. The molecule has 0 aromatic heterocycles. The molecule has 1 aliphatic heterocycles. The highest BCUT2D eigenvalue weighted by Gasteiger charge is 2.30. The summed E-state index contributed by atoms with van der Waals surface area (Å²) in [4.78, 5) is 11.8. The second-order valence-corrected chi connectivity index (χ2v) is 5.64. The van der Waals surface area contributed by atoms with Crippen molar-refractivity contribution in [2.75, 3.05) is 20.8 Å². The normalized spacial score (nSPS) is 16.7. The Hall–Kier alpha value is -2.82. The third kappa shape index (κ3) is 3.11. The number of carbonyl (C=O) groups excluding carboxylic acids is 1. The van der Waals surface area contributed by atoms with Gasteiger partial charge in [0, 0.05) is 12.8 Å². The van der Waals surface area contributed by atoms with Gasteiger partial charge in [0.1, 0.15) is 11.5 Å². The summed E-state index contributed by atoms with van der Waals surface area (Å²) in [7, 11) is 3.28. The molecule has 0 spiro atoms. The summed E-state index contributed by atoms with van der Waals surface area (Å²) in [6.07, 6.45) is 0. The first-order valence-electron chi connectivity index (χ1n) is 7.77. The number of benzene rings is 2. The van der Waals surface area contributed by atoms with Gasteiger partial charge >= 0.3 is 0 Å². The molecular formula is C19H20N2O3. The highest BCUT2D eigenvalue weighted by molar-refractivity contribution is 6.07. The van der Waals surface area contributed by atoms with Crippen molar-refractivity contribution in [3.05, 3.63) is 59.7 Å². The van der Waals surface area contributed by atoms with Crippen molar-refractivity contribution in [3.63, 3.8) is 0 Å². The summed E-state index contributed by atoms with van der Waals surface area (Å²) in [6.45, 7) is 2.08. The first-order chi connectivity index (χ1) is 11.6. The van der Waals surface area contributed by atoms with Crippen molar-refractivity contribution in [2.45, 2.75) is 12.8 Å². The molecule has 5 nitrogen and oxygen atoms in total. The van der Waals surface area contributed by atoms with Crippen LogP contribution in [-0.2, 0) is 4.79 Å². The molecule has 0 N–H and O–H groups in total. The predicted molar refractivity (Wildman–Crippen MR) is 92.7 cm³/mol. The van der Waals surface area contributed by atoms with Crippen LogP contribution >= 0.6 is 0 Å². The van der Waals surface area contributed by atoms with Gasteiger partial charge in [-0.3, -0.25) is 4.79 Å².